The standard InChI is InChI=1S/C24H35N3O5/c1-5-8-9-11-21(15-27(31)17-28)24(30)26-16-25-23(29)20-13-10-12-19(14-20)22(7-3)32-18(4)6-2/h6-7,10,12-14,17,21,31H,5,8-9,11,15-16H2,1-4H3,(H,25,29)(H,26,30)/b18-6-,22-7-. The molecule has 0 aliphatic carbocycles. The van der Waals surface area contributed by atoms with Crippen LogP contribution in [0.3, 0.4) is 0 Å². The number of unbranched alkanes of at least 4 members (excludes halogenated alkanes) is 2. The maximum absolute atomic E-state index is 12.5. The number of hydrogen-bond donors (Lipinski definition) is 3. The second-order valence-electron chi connectivity index (χ2n) is 7.38. The Morgan fingerprint density at radius 2 is 1.88 bits per heavy atom. The van der Waals surface area contributed by atoms with Crippen molar-refractivity contribution in [1.82, 2.24) is 15.7 Å². The predicted octanol–water partition coefficient (Wildman–Crippen LogP) is 3.84. The minimum atomic E-state index is -0.554. The van der Waals surface area contributed by atoms with Gasteiger partial charge in [0.15, 0.2) is 0 Å². The SMILES string of the molecule is C/C=C(/C)O/C(=C\C)c1cccc(C(=O)NCNC(=O)C(CCCCC)CN(O)C=O)c1. The van der Waals surface area contributed by atoms with E-state index in [1.165, 1.54) is 0 Å². The van der Waals surface area contributed by atoms with Crippen LogP contribution in [0.1, 0.15) is 69.3 Å². The quantitative estimate of drug-likeness (QED) is 0.101. The maximum Gasteiger partial charge on any atom is 0.252 e. The first-order valence-corrected chi connectivity index (χ1v) is 10.9. The van der Waals surface area contributed by atoms with Crippen molar-refractivity contribution >= 4 is 24.0 Å². The van der Waals surface area contributed by atoms with Crippen LogP contribution >= 0.6 is 0 Å². The highest BCUT2D eigenvalue weighted by Gasteiger charge is 2.20. The van der Waals surface area contributed by atoms with Crippen molar-refractivity contribution in [2.75, 3.05) is 13.2 Å². The number of allylic oxidation sites excluding steroid dienone is 3. The zero-order valence-corrected chi connectivity index (χ0v) is 19.4. The average Bonchev–Trinajstić information content (AvgIpc) is 2.81. The average molecular weight is 446 g/mol. The van der Waals surface area contributed by atoms with Crippen molar-refractivity contribution in [2.24, 2.45) is 5.92 Å². The smallest absolute Gasteiger partial charge is 0.252 e. The predicted molar refractivity (Wildman–Crippen MR) is 123 cm³/mol. The molecule has 0 heterocycles. The molecule has 0 aliphatic heterocycles. The number of nitrogens with one attached hydrogen (secondary N) is 2. The van der Waals surface area contributed by atoms with Crippen molar-refractivity contribution in [3.63, 3.8) is 0 Å². The molecule has 0 radical (unpaired) electrons. The van der Waals surface area contributed by atoms with E-state index in [0.717, 1.165) is 30.6 Å². The zero-order valence-electron chi connectivity index (χ0n) is 19.4. The number of benzene rings is 1. The van der Waals surface area contributed by atoms with Gasteiger partial charge in [0.25, 0.3) is 5.91 Å². The molecular weight excluding hydrogens is 410 g/mol. The summed E-state index contributed by atoms with van der Waals surface area (Å²) < 4.78 is 5.77. The van der Waals surface area contributed by atoms with Crippen LogP contribution in [0.25, 0.3) is 5.76 Å². The van der Waals surface area contributed by atoms with E-state index in [0.29, 0.717) is 22.8 Å². The fourth-order valence-electron chi connectivity index (χ4n) is 3.00. The Hall–Kier alpha value is -3.13. The molecule has 32 heavy (non-hydrogen) atoms. The Morgan fingerprint density at radius 1 is 1.16 bits per heavy atom. The van der Waals surface area contributed by atoms with Gasteiger partial charge in [0.05, 0.1) is 24.9 Å². The molecule has 8 heteroatoms. The number of ether oxygens (including phenoxy) is 1. The van der Waals surface area contributed by atoms with E-state index in [-0.39, 0.29) is 31.4 Å². The first-order chi connectivity index (χ1) is 15.4. The maximum atomic E-state index is 12.5. The van der Waals surface area contributed by atoms with E-state index in [1.807, 2.05) is 39.0 Å². The highest BCUT2D eigenvalue weighted by molar-refractivity contribution is 5.95. The number of carbonyl (C=O) groups excluding carboxylic acids is 3. The van der Waals surface area contributed by atoms with Crippen molar-refractivity contribution in [2.45, 2.75) is 53.4 Å². The molecule has 0 bridgehead atoms. The van der Waals surface area contributed by atoms with Gasteiger partial charge in [-0.05, 0) is 51.5 Å². The number of hydroxylamine groups is 2. The van der Waals surface area contributed by atoms with Gasteiger partial charge in [0.1, 0.15) is 5.76 Å². The molecule has 0 saturated carbocycles. The van der Waals surface area contributed by atoms with Gasteiger partial charge in [-0.25, -0.2) is 5.06 Å². The summed E-state index contributed by atoms with van der Waals surface area (Å²) in [5, 5.41) is 15.2. The normalized spacial score (nSPS) is 12.7. The van der Waals surface area contributed by atoms with Gasteiger partial charge in [0.2, 0.25) is 12.3 Å². The third-order valence-corrected chi connectivity index (χ3v) is 4.92. The van der Waals surface area contributed by atoms with Crippen molar-refractivity contribution in [1.29, 1.82) is 0 Å². The summed E-state index contributed by atoms with van der Waals surface area (Å²) in [5.41, 5.74) is 1.19. The summed E-state index contributed by atoms with van der Waals surface area (Å²) in [5.74, 6) is 0.163. The van der Waals surface area contributed by atoms with Crippen LogP contribution in [0.4, 0.5) is 0 Å². The Balaban J connectivity index is 2.70. The number of nitrogens with zero attached hydrogens (tertiary/aromatic N) is 1. The summed E-state index contributed by atoms with van der Waals surface area (Å²) in [6, 6.07) is 7.01. The van der Waals surface area contributed by atoms with Gasteiger partial charge in [-0.3, -0.25) is 19.6 Å². The zero-order chi connectivity index (χ0) is 23.9. The number of hydrogen-bond acceptors (Lipinski definition) is 5. The Bertz CT molecular complexity index is 820. The van der Waals surface area contributed by atoms with Gasteiger partial charge >= 0.3 is 0 Å². The number of carbonyl (C=O) groups is 3. The second kappa shape index (κ2) is 14.8. The molecule has 0 saturated heterocycles. The van der Waals surface area contributed by atoms with Crippen LogP contribution in [-0.2, 0) is 14.3 Å². The van der Waals surface area contributed by atoms with E-state index in [9.17, 15) is 19.6 Å². The van der Waals surface area contributed by atoms with Crippen LogP contribution in [0.2, 0.25) is 0 Å². The van der Waals surface area contributed by atoms with Crippen LogP contribution in [-0.4, -0.2) is 41.7 Å². The molecule has 0 spiro atoms. The van der Waals surface area contributed by atoms with Crippen LogP contribution in [0, 0.1) is 5.92 Å². The Labute approximate surface area is 190 Å². The number of amides is 3. The molecule has 0 fully saturated rings. The lowest BCUT2D eigenvalue weighted by Crippen LogP contribution is -2.43. The molecule has 1 rings (SSSR count). The third kappa shape index (κ3) is 9.34. The Kier molecular flexibility index (Phi) is 12.4. The molecule has 1 aromatic carbocycles. The summed E-state index contributed by atoms with van der Waals surface area (Å²) in [7, 11) is 0. The lowest BCUT2D eigenvalue weighted by molar-refractivity contribution is -0.154. The molecule has 176 valence electrons. The van der Waals surface area contributed by atoms with Crippen LogP contribution < -0.4 is 10.6 Å². The summed E-state index contributed by atoms with van der Waals surface area (Å²) >= 11 is 0. The highest BCUT2D eigenvalue weighted by Crippen LogP contribution is 2.20. The Morgan fingerprint density at radius 3 is 2.50 bits per heavy atom. The van der Waals surface area contributed by atoms with Gasteiger partial charge < -0.3 is 15.4 Å². The van der Waals surface area contributed by atoms with Gasteiger partial charge in [-0.1, -0.05) is 38.3 Å². The summed E-state index contributed by atoms with van der Waals surface area (Å²) in [4.78, 5) is 35.7. The molecule has 0 aromatic heterocycles. The fraction of sp³-hybridized carbons (Fsp3) is 0.458. The molecule has 1 atom stereocenters. The van der Waals surface area contributed by atoms with Gasteiger partial charge in [-0.15, -0.1) is 0 Å². The summed E-state index contributed by atoms with van der Waals surface area (Å²) in [6.07, 6.45) is 7.25. The van der Waals surface area contributed by atoms with E-state index in [1.54, 1.807) is 18.2 Å². The van der Waals surface area contributed by atoms with Gasteiger partial charge in [0, 0.05) is 11.1 Å². The first kappa shape index (κ1) is 26.9. The highest BCUT2D eigenvalue weighted by atomic mass is 16.5. The van der Waals surface area contributed by atoms with E-state index >= 15 is 0 Å². The van der Waals surface area contributed by atoms with E-state index < -0.39 is 5.92 Å². The first-order valence-electron chi connectivity index (χ1n) is 10.9. The molecule has 1 aromatic rings. The lowest BCUT2D eigenvalue weighted by atomic mass is 10.0. The van der Waals surface area contributed by atoms with Crippen LogP contribution in [0.15, 0.2) is 42.2 Å². The van der Waals surface area contributed by atoms with Crippen molar-refractivity contribution in [3.8, 4) is 0 Å². The topological polar surface area (TPSA) is 108 Å². The van der Waals surface area contributed by atoms with Crippen molar-refractivity contribution in [3.05, 3.63) is 53.3 Å². The molecule has 3 N–H and O–H groups in total. The monoisotopic (exact) mass is 445 g/mol. The van der Waals surface area contributed by atoms with Crippen molar-refractivity contribution < 1.29 is 24.3 Å². The fourth-order valence-corrected chi connectivity index (χ4v) is 3.00. The summed E-state index contributed by atoms with van der Waals surface area (Å²) in [6.45, 7) is 7.48. The van der Waals surface area contributed by atoms with Gasteiger partial charge in [-0.2, -0.15) is 0 Å². The van der Waals surface area contributed by atoms with E-state index in [4.69, 9.17) is 4.74 Å². The lowest BCUT2D eigenvalue weighted by Gasteiger charge is -2.19. The third-order valence-electron chi connectivity index (χ3n) is 4.92. The molecule has 1 unspecified atom stereocenters. The molecule has 0 aliphatic rings. The molecule has 3 amide bonds. The molecular formula is C24H35N3O5. The minimum Gasteiger partial charge on any atom is -0.462 e. The molecule has 8 nitrogen and oxygen atoms in total. The van der Waals surface area contributed by atoms with Crippen LogP contribution in [0.5, 0.6) is 0 Å². The second-order valence-corrected chi connectivity index (χ2v) is 7.38. The largest absolute Gasteiger partial charge is 0.462 e. The van der Waals surface area contributed by atoms with E-state index in [2.05, 4.69) is 17.6 Å². The number of rotatable bonds is 14. The minimum absolute atomic E-state index is 0.0661.